The lowest BCUT2D eigenvalue weighted by atomic mass is 9.91. The summed E-state index contributed by atoms with van der Waals surface area (Å²) in [4.78, 5) is 35.6. The van der Waals surface area contributed by atoms with Gasteiger partial charge in [-0.3, -0.25) is 14.4 Å². The first-order chi connectivity index (χ1) is 7.83. The average Bonchev–Trinajstić information content (AvgIpc) is 2.54. The predicted molar refractivity (Wildman–Crippen MR) is 60.3 cm³/mol. The Morgan fingerprint density at radius 3 is 2.53 bits per heavy atom. The normalized spacial score (nSPS) is 24.0. The standard InChI is InChI=1S/C10H18N4O3/c1-6(2)10(3-7(12)15)13-8(16)5-14(10)9(17)4-11/h6H,3-5,11H2,1-2H3,(H2,12,15)(H,13,16). The van der Waals surface area contributed by atoms with E-state index in [1.54, 1.807) is 0 Å². The molecule has 7 nitrogen and oxygen atoms in total. The van der Waals surface area contributed by atoms with Crippen molar-refractivity contribution in [3.8, 4) is 0 Å². The summed E-state index contributed by atoms with van der Waals surface area (Å²) in [6.07, 6.45) is -0.109. The molecule has 1 unspecified atom stereocenters. The minimum atomic E-state index is -1.04. The molecular weight excluding hydrogens is 224 g/mol. The van der Waals surface area contributed by atoms with Crippen molar-refractivity contribution in [2.24, 2.45) is 17.4 Å². The zero-order valence-electron chi connectivity index (χ0n) is 10.0. The molecule has 0 aromatic carbocycles. The number of carbonyl (C=O) groups is 3. The van der Waals surface area contributed by atoms with E-state index in [1.165, 1.54) is 4.90 Å². The molecule has 0 saturated carbocycles. The molecule has 17 heavy (non-hydrogen) atoms. The highest BCUT2D eigenvalue weighted by Crippen LogP contribution is 2.29. The molecule has 1 aliphatic heterocycles. The van der Waals surface area contributed by atoms with Gasteiger partial charge in [0.25, 0.3) is 0 Å². The van der Waals surface area contributed by atoms with Crippen LogP contribution in [0.4, 0.5) is 0 Å². The van der Waals surface area contributed by atoms with Gasteiger partial charge < -0.3 is 21.7 Å². The average molecular weight is 242 g/mol. The monoisotopic (exact) mass is 242 g/mol. The molecule has 1 rings (SSSR count). The Bertz CT molecular complexity index is 355. The van der Waals surface area contributed by atoms with E-state index in [9.17, 15) is 14.4 Å². The van der Waals surface area contributed by atoms with Gasteiger partial charge in [0.1, 0.15) is 12.2 Å². The molecule has 3 amide bonds. The molecule has 1 saturated heterocycles. The predicted octanol–water partition coefficient (Wildman–Crippen LogP) is -1.87. The van der Waals surface area contributed by atoms with Gasteiger partial charge in [-0.05, 0) is 5.92 Å². The van der Waals surface area contributed by atoms with Crippen LogP contribution >= 0.6 is 0 Å². The van der Waals surface area contributed by atoms with Gasteiger partial charge in [0, 0.05) is 0 Å². The number of hydrogen-bond donors (Lipinski definition) is 3. The van der Waals surface area contributed by atoms with E-state index < -0.39 is 11.6 Å². The lowest BCUT2D eigenvalue weighted by Crippen LogP contribution is -2.60. The molecule has 0 radical (unpaired) electrons. The molecule has 0 bridgehead atoms. The highest BCUT2D eigenvalue weighted by molar-refractivity contribution is 5.91. The van der Waals surface area contributed by atoms with E-state index in [4.69, 9.17) is 11.5 Å². The third-order valence-corrected chi connectivity index (χ3v) is 3.01. The molecule has 1 fully saturated rings. The van der Waals surface area contributed by atoms with Crippen LogP contribution in [0.5, 0.6) is 0 Å². The zero-order valence-corrected chi connectivity index (χ0v) is 10.0. The van der Waals surface area contributed by atoms with Crippen LogP contribution in [0.15, 0.2) is 0 Å². The number of carbonyl (C=O) groups excluding carboxylic acids is 3. The topological polar surface area (TPSA) is 119 Å². The van der Waals surface area contributed by atoms with Crippen molar-refractivity contribution in [2.75, 3.05) is 13.1 Å². The van der Waals surface area contributed by atoms with Gasteiger partial charge in [0.15, 0.2) is 0 Å². The Hall–Kier alpha value is -1.63. The van der Waals surface area contributed by atoms with Crippen LogP contribution in [0, 0.1) is 5.92 Å². The molecule has 1 aliphatic rings. The molecule has 96 valence electrons. The van der Waals surface area contributed by atoms with E-state index in [0.29, 0.717) is 0 Å². The van der Waals surface area contributed by atoms with Crippen molar-refractivity contribution in [1.29, 1.82) is 0 Å². The lowest BCUT2D eigenvalue weighted by Gasteiger charge is -2.40. The van der Waals surface area contributed by atoms with E-state index in [2.05, 4.69) is 5.32 Å². The summed E-state index contributed by atoms with van der Waals surface area (Å²) in [6, 6.07) is 0. The van der Waals surface area contributed by atoms with Crippen LogP contribution in [0.1, 0.15) is 20.3 Å². The van der Waals surface area contributed by atoms with Crippen molar-refractivity contribution < 1.29 is 14.4 Å². The van der Waals surface area contributed by atoms with Gasteiger partial charge in [-0.1, -0.05) is 13.8 Å². The minimum Gasteiger partial charge on any atom is -0.370 e. The maximum absolute atomic E-state index is 11.7. The fourth-order valence-electron chi connectivity index (χ4n) is 2.12. The smallest absolute Gasteiger partial charge is 0.241 e. The number of rotatable bonds is 4. The molecule has 5 N–H and O–H groups in total. The van der Waals surface area contributed by atoms with E-state index in [-0.39, 0.29) is 37.2 Å². The maximum atomic E-state index is 11.7. The first kappa shape index (κ1) is 13.4. The Morgan fingerprint density at radius 1 is 1.53 bits per heavy atom. The fourth-order valence-corrected chi connectivity index (χ4v) is 2.12. The second-order valence-corrected chi connectivity index (χ2v) is 4.45. The summed E-state index contributed by atoms with van der Waals surface area (Å²) in [7, 11) is 0. The summed E-state index contributed by atoms with van der Waals surface area (Å²) in [5.74, 6) is -1.40. The van der Waals surface area contributed by atoms with Gasteiger partial charge in [-0.15, -0.1) is 0 Å². The second kappa shape index (κ2) is 4.70. The molecule has 0 aromatic heterocycles. The third-order valence-electron chi connectivity index (χ3n) is 3.01. The molecule has 1 heterocycles. The maximum Gasteiger partial charge on any atom is 0.241 e. The van der Waals surface area contributed by atoms with Crippen LogP contribution < -0.4 is 16.8 Å². The number of hydrogen-bond acceptors (Lipinski definition) is 4. The largest absolute Gasteiger partial charge is 0.370 e. The van der Waals surface area contributed by atoms with Crippen molar-refractivity contribution >= 4 is 17.7 Å². The summed E-state index contributed by atoms with van der Waals surface area (Å²) in [5, 5.41) is 2.67. The Balaban J connectivity index is 3.11. The highest BCUT2D eigenvalue weighted by atomic mass is 16.2. The zero-order chi connectivity index (χ0) is 13.2. The second-order valence-electron chi connectivity index (χ2n) is 4.45. The summed E-state index contributed by atoms with van der Waals surface area (Å²) >= 11 is 0. The van der Waals surface area contributed by atoms with Gasteiger partial charge in [-0.2, -0.15) is 0 Å². The van der Waals surface area contributed by atoms with E-state index in [0.717, 1.165) is 0 Å². The Morgan fingerprint density at radius 2 is 2.12 bits per heavy atom. The fraction of sp³-hybridized carbons (Fsp3) is 0.700. The van der Waals surface area contributed by atoms with Crippen LogP contribution in [-0.2, 0) is 14.4 Å². The van der Waals surface area contributed by atoms with Gasteiger partial charge in [-0.25, -0.2) is 0 Å². The quantitative estimate of drug-likeness (QED) is 0.535. The number of nitrogens with two attached hydrogens (primary N) is 2. The molecule has 0 aliphatic carbocycles. The van der Waals surface area contributed by atoms with E-state index >= 15 is 0 Å². The SMILES string of the molecule is CC(C)C1(CC(N)=O)NC(=O)CN1C(=O)CN. The number of nitrogens with one attached hydrogen (secondary N) is 1. The number of nitrogens with zero attached hydrogens (tertiary/aromatic N) is 1. The number of amides is 3. The Labute approximate surface area is 99.5 Å². The third kappa shape index (κ3) is 2.38. The molecule has 1 atom stereocenters. The van der Waals surface area contributed by atoms with Crippen molar-refractivity contribution in [3.05, 3.63) is 0 Å². The van der Waals surface area contributed by atoms with Crippen molar-refractivity contribution in [3.63, 3.8) is 0 Å². The number of primary amides is 1. The van der Waals surface area contributed by atoms with E-state index in [1.807, 2.05) is 13.8 Å². The summed E-state index contributed by atoms with van der Waals surface area (Å²) in [5.41, 5.74) is 9.45. The minimum absolute atomic E-state index is 0.0819. The molecule has 7 heteroatoms. The summed E-state index contributed by atoms with van der Waals surface area (Å²) < 4.78 is 0. The van der Waals surface area contributed by atoms with Gasteiger partial charge in [0.05, 0.1) is 13.0 Å². The van der Waals surface area contributed by atoms with Crippen LogP contribution in [0.3, 0.4) is 0 Å². The van der Waals surface area contributed by atoms with Crippen LogP contribution in [-0.4, -0.2) is 41.4 Å². The van der Waals surface area contributed by atoms with Crippen molar-refractivity contribution in [2.45, 2.75) is 25.9 Å². The Kier molecular flexibility index (Phi) is 3.72. The lowest BCUT2D eigenvalue weighted by molar-refractivity contribution is -0.138. The molecule has 0 aromatic rings. The van der Waals surface area contributed by atoms with Crippen LogP contribution in [0.25, 0.3) is 0 Å². The highest BCUT2D eigenvalue weighted by Gasteiger charge is 2.49. The molecular formula is C10H18N4O3. The first-order valence-electron chi connectivity index (χ1n) is 5.43. The summed E-state index contributed by atoms with van der Waals surface area (Å²) in [6.45, 7) is 3.33. The van der Waals surface area contributed by atoms with Gasteiger partial charge >= 0.3 is 0 Å². The van der Waals surface area contributed by atoms with Crippen LogP contribution in [0.2, 0.25) is 0 Å². The molecule has 0 spiro atoms. The first-order valence-corrected chi connectivity index (χ1v) is 5.43. The van der Waals surface area contributed by atoms with Gasteiger partial charge in [0.2, 0.25) is 17.7 Å². The van der Waals surface area contributed by atoms with Crippen molar-refractivity contribution in [1.82, 2.24) is 10.2 Å².